The normalized spacial score (nSPS) is 13.5. The third-order valence-corrected chi connectivity index (χ3v) is 3.10. The number of aliphatic carboxylic acids is 1. The van der Waals surface area contributed by atoms with Gasteiger partial charge in [-0.3, -0.25) is 9.59 Å². The van der Waals surface area contributed by atoms with Crippen molar-refractivity contribution in [2.45, 2.75) is 44.7 Å². The molecule has 5 heteroatoms. The fourth-order valence-corrected chi connectivity index (χ4v) is 1.86. The minimum absolute atomic E-state index is 0.0126. The lowest BCUT2D eigenvalue weighted by atomic mass is 10.1. The first kappa shape index (κ1) is 16.2. The maximum atomic E-state index is 11.7. The van der Waals surface area contributed by atoms with Crippen molar-refractivity contribution in [1.29, 1.82) is 0 Å². The van der Waals surface area contributed by atoms with Crippen LogP contribution >= 0.6 is 0 Å². The molecule has 0 aliphatic heterocycles. The number of hydrogen-bond acceptors (Lipinski definition) is 3. The first-order chi connectivity index (χ1) is 9.49. The van der Waals surface area contributed by atoms with Gasteiger partial charge in [0.1, 0.15) is 0 Å². The summed E-state index contributed by atoms with van der Waals surface area (Å²) in [5.74, 6) is -1.22. The van der Waals surface area contributed by atoms with Gasteiger partial charge in [0.25, 0.3) is 0 Å². The first-order valence-electron chi connectivity index (χ1n) is 6.80. The van der Waals surface area contributed by atoms with Gasteiger partial charge in [-0.2, -0.15) is 0 Å². The molecule has 4 N–H and O–H groups in total. The molecule has 0 aromatic heterocycles. The van der Waals surface area contributed by atoms with Gasteiger partial charge in [0.15, 0.2) is 0 Å². The molecular formula is C15H22N2O3. The van der Waals surface area contributed by atoms with Crippen molar-refractivity contribution in [3.05, 3.63) is 35.9 Å². The van der Waals surface area contributed by atoms with Crippen LogP contribution in [0.1, 0.15) is 31.7 Å². The average molecular weight is 278 g/mol. The second-order valence-corrected chi connectivity index (χ2v) is 4.97. The molecule has 0 saturated heterocycles. The number of carboxylic acid groups (broad SMARTS) is 1. The molecule has 20 heavy (non-hydrogen) atoms. The number of hydrogen-bond donors (Lipinski definition) is 3. The second kappa shape index (κ2) is 8.32. The van der Waals surface area contributed by atoms with E-state index in [0.29, 0.717) is 0 Å². The number of benzene rings is 1. The number of rotatable bonds is 8. The molecule has 0 bridgehead atoms. The third-order valence-electron chi connectivity index (χ3n) is 3.10. The highest BCUT2D eigenvalue weighted by Gasteiger charge is 2.16. The molecule has 1 amide bonds. The van der Waals surface area contributed by atoms with Crippen molar-refractivity contribution in [3.63, 3.8) is 0 Å². The minimum atomic E-state index is -0.939. The lowest BCUT2D eigenvalue weighted by Crippen LogP contribution is -2.44. The van der Waals surface area contributed by atoms with Crippen molar-refractivity contribution < 1.29 is 14.7 Å². The summed E-state index contributed by atoms with van der Waals surface area (Å²) in [5.41, 5.74) is 6.87. The highest BCUT2D eigenvalue weighted by molar-refractivity contribution is 5.82. The maximum absolute atomic E-state index is 11.7. The zero-order valence-electron chi connectivity index (χ0n) is 11.7. The molecule has 5 nitrogen and oxygen atoms in total. The Balaban J connectivity index is 2.28. The van der Waals surface area contributed by atoms with Crippen LogP contribution in [0.3, 0.4) is 0 Å². The van der Waals surface area contributed by atoms with E-state index in [-0.39, 0.29) is 24.8 Å². The Kier molecular flexibility index (Phi) is 6.73. The summed E-state index contributed by atoms with van der Waals surface area (Å²) in [6.07, 6.45) is 1.77. The molecule has 0 spiro atoms. The van der Waals surface area contributed by atoms with E-state index < -0.39 is 12.0 Å². The molecule has 2 atom stereocenters. The fourth-order valence-electron chi connectivity index (χ4n) is 1.86. The number of nitrogens with two attached hydrogens (primary N) is 1. The summed E-state index contributed by atoms with van der Waals surface area (Å²) in [6.45, 7) is 1.92. The number of carbonyl (C=O) groups excluding carboxylic acids is 1. The Bertz CT molecular complexity index is 434. The number of carboxylic acids is 1. The highest BCUT2D eigenvalue weighted by Crippen LogP contribution is 2.05. The van der Waals surface area contributed by atoms with E-state index in [2.05, 4.69) is 5.32 Å². The monoisotopic (exact) mass is 278 g/mol. The van der Waals surface area contributed by atoms with Crippen molar-refractivity contribution in [2.24, 2.45) is 5.73 Å². The lowest BCUT2D eigenvalue weighted by Gasteiger charge is -2.17. The van der Waals surface area contributed by atoms with Crippen LogP contribution in [0.2, 0.25) is 0 Å². The van der Waals surface area contributed by atoms with E-state index in [1.807, 2.05) is 37.3 Å². The van der Waals surface area contributed by atoms with E-state index >= 15 is 0 Å². The molecule has 0 saturated carbocycles. The molecule has 1 rings (SSSR count). The van der Waals surface area contributed by atoms with Crippen molar-refractivity contribution in [1.82, 2.24) is 5.32 Å². The van der Waals surface area contributed by atoms with Gasteiger partial charge >= 0.3 is 5.97 Å². The zero-order valence-corrected chi connectivity index (χ0v) is 11.7. The Morgan fingerprint density at radius 3 is 2.50 bits per heavy atom. The number of aryl methyl sites for hydroxylation is 1. The van der Waals surface area contributed by atoms with E-state index in [9.17, 15) is 9.59 Å². The van der Waals surface area contributed by atoms with E-state index in [1.54, 1.807) is 0 Å². The zero-order chi connectivity index (χ0) is 15.0. The topological polar surface area (TPSA) is 92.4 Å². The van der Waals surface area contributed by atoms with Crippen molar-refractivity contribution in [2.75, 3.05) is 0 Å². The van der Waals surface area contributed by atoms with Crippen LogP contribution in [0.15, 0.2) is 30.3 Å². The summed E-state index contributed by atoms with van der Waals surface area (Å²) >= 11 is 0. The maximum Gasteiger partial charge on any atom is 0.303 e. The van der Waals surface area contributed by atoms with Crippen LogP contribution in [0.25, 0.3) is 0 Å². The van der Waals surface area contributed by atoms with Gasteiger partial charge in [-0.05, 0) is 31.7 Å². The average Bonchev–Trinajstić information content (AvgIpc) is 2.43. The Labute approximate surface area is 119 Å². The first-order valence-corrected chi connectivity index (χ1v) is 6.80. The van der Waals surface area contributed by atoms with E-state index in [1.165, 1.54) is 5.56 Å². The summed E-state index contributed by atoms with van der Waals surface area (Å²) in [5, 5.41) is 11.4. The predicted molar refractivity (Wildman–Crippen MR) is 77.2 cm³/mol. The molecule has 110 valence electrons. The Morgan fingerprint density at radius 1 is 1.25 bits per heavy atom. The van der Waals surface area contributed by atoms with Crippen molar-refractivity contribution >= 4 is 11.9 Å². The molecular weight excluding hydrogens is 256 g/mol. The summed E-state index contributed by atoms with van der Waals surface area (Å²) in [7, 11) is 0. The largest absolute Gasteiger partial charge is 0.481 e. The molecule has 0 heterocycles. The van der Waals surface area contributed by atoms with Gasteiger partial charge in [0.05, 0.1) is 6.04 Å². The van der Waals surface area contributed by atoms with Crippen LogP contribution in [-0.2, 0) is 16.0 Å². The number of amides is 1. The minimum Gasteiger partial charge on any atom is -0.481 e. The van der Waals surface area contributed by atoms with Gasteiger partial charge in [-0.1, -0.05) is 30.3 Å². The fraction of sp³-hybridized carbons (Fsp3) is 0.467. The summed E-state index contributed by atoms with van der Waals surface area (Å²) in [4.78, 5) is 22.2. The summed E-state index contributed by atoms with van der Waals surface area (Å²) in [6, 6.07) is 9.29. The number of nitrogens with one attached hydrogen (secondary N) is 1. The SMILES string of the molecule is CC(CCc1ccccc1)NC(=O)C(N)CCC(=O)O. The molecule has 0 aliphatic carbocycles. The van der Waals surface area contributed by atoms with Crippen molar-refractivity contribution in [3.8, 4) is 0 Å². The molecule has 2 unspecified atom stereocenters. The van der Waals surface area contributed by atoms with Gasteiger partial charge in [-0.25, -0.2) is 0 Å². The molecule has 0 aliphatic rings. The molecule has 1 aromatic rings. The van der Waals surface area contributed by atoms with Gasteiger partial charge in [0.2, 0.25) is 5.91 Å². The van der Waals surface area contributed by atoms with Gasteiger partial charge in [0, 0.05) is 12.5 Å². The van der Waals surface area contributed by atoms with E-state index in [0.717, 1.165) is 12.8 Å². The lowest BCUT2D eigenvalue weighted by molar-refractivity contribution is -0.137. The van der Waals surface area contributed by atoms with Crippen LogP contribution in [0, 0.1) is 0 Å². The van der Waals surface area contributed by atoms with Crippen LogP contribution in [0.5, 0.6) is 0 Å². The van der Waals surface area contributed by atoms with Crippen LogP contribution in [-0.4, -0.2) is 29.1 Å². The summed E-state index contributed by atoms with van der Waals surface area (Å²) < 4.78 is 0. The second-order valence-electron chi connectivity index (χ2n) is 4.97. The molecule has 1 aromatic carbocycles. The number of carbonyl (C=O) groups is 2. The van der Waals surface area contributed by atoms with Crippen LogP contribution < -0.4 is 11.1 Å². The Hall–Kier alpha value is -1.88. The van der Waals surface area contributed by atoms with E-state index in [4.69, 9.17) is 10.8 Å². The highest BCUT2D eigenvalue weighted by atomic mass is 16.4. The smallest absolute Gasteiger partial charge is 0.303 e. The standard InChI is InChI=1S/C15H22N2O3/c1-11(7-8-12-5-3-2-4-6-12)17-15(20)13(16)9-10-14(18)19/h2-6,11,13H,7-10,16H2,1H3,(H,17,20)(H,18,19). The van der Waals surface area contributed by atoms with Gasteiger partial charge in [-0.15, -0.1) is 0 Å². The van der Waals surface area contributed by atoms with Crippen LogP contribution in [0.4, 0.5) is 0 Å². The predicted octanol–water partition coefficient (Wildman–Crippen LogP) is 1.32. The molecule has 0 radical (unpaired) electrons. The molecule has 0 fully saturated rings. The van der Waals surface area contributed by atoms with Gasteiger partial charge < -0.3 is 16.2 Å². The Morgan fingerprint density at radius 2 is 1.90 bits per heavy atom. The third kappa shape index (κ3) is 6.33. The quantitative estimate of drug-likeness (QED) is 0.668.